The molecule has 0 saturated heterocycles. The first-order chi connectivity index (χ1) is 15.1. The van der Waals surface area contributed by atoms with Crippen LogP contribution in [-0.4, -0.2) is 27.7 Å². The Bertz CT molecular complexity index is 1280. The highest BCUT2D eigenvalue weighted by Gasteiger charge is 2.23. The first-order valence-corrected chi connectivity index (χ1v) is 9.60. The molecular weight excluding hydrogens is 396 g/mol. The molecule has 31 heavy (non-hydrogen) atoms. The van der Waals surface area contributed by atoms with Crippen LogP contribution in [0.1, 0.15) is 17.3 Å². The van der Waals surface area contributed by atoms with E-state index in [-0.39, 0.29) is 29.4 Å². The Morgan fingerprint density at radius 1 is 1.03 bits per heavy atom. The average molecular weight is 414 g/mol. The number of aromatic nitrogens is 2. The van der Waals surface area contributed by atoms with Crippen molar-refractivity contribution in [2.24, 2.45) is 0 Å². The fourth-order valence-electron chi connectivity index (χ4n) is 3.05. The van der Waals surface area contributed by atoms with Gasteiger partial charge in [0.1, 0.15) is 11.4 Å². The summed E-state index contributed by atoms with van der Waals surface area (Å²) in [5.41, 5.74) is 0.946. The zero-order valence-corrected chi connectivity index (χ0v) is 16.6. The van der Waals surface area contributed by atoms with Crippen LogP contribution in [-0.2, 0) is 4.74 Å². The molecule has 0 aliphatic carbocycles. The fraction of sp³-hybridized carbons (Fsp3) is 0.0833. The van der Waals surface area contributed by atoms with E-state index in [4.69, 9.17) is 9.15 Å². The van der Waals surface area contributed by atoms with Crippen molar-refractivity contribution in [3.63, 3.8) is 0 Å². The highest BCUT2D eigenvalue weighted by atomic mass is 16.5. The molecule has 7 nitrogen and oxygen atoms in total. The van der Waals surface area contributed by atoms with Gasteiger partial charge in [-0.15, -0.1) is 0 Å². The number of carbonyl (C=O) groups is 1. The molecule has 0 fully saturated rings. The van der Waals surface area contributed by atoms with E-state index in [2.05, 4.69) is 9.97 Å². The number of hydrogen-bond donors (Lipinski definition) is 1. The molecule has 0 atom stereocenters. The van der Waals surface area contributed by atoms with Gasteiger partial charge >= 0.3 is 5.97 Å². The van der Waals surface area contributed by atoms with Crippen LogP contribution in [0.2, 0.25) is 0 Å². The summed E-state index contributed by atoms with van der Waals surface area (Å²) in [7, 11) is 0. The Morgan fingerprint density at radius 3 is 2.48 bits per heavy atom. The van der Waals surface area contributed by atoms with Gasteiger partial charge in [-0.2, -0.15) is 0 Å². The zero-order valence-electron chi connectivity index (χ0n) is 16.6. The monoisotopic (exact) mass is 414 g/mol. The largest absolute Gasteiger partial charge is 0.508 e. The summed E-state index contributed by atoms with van der Waals surface area (Å²) in [4.78, 5) is 34.1. The number of benzene rings is 2. The maximum atomic E-state index is 12.9. The minimum Gasteiger partial charge on any atom is -0.508 e. The van der Waals surface area contributed by atoms with Crippen LogP contribution in [0.5, 0.6) is 5.75 Å². The minimum atomic E-state index is -0.742. The molecule has 0 unspecified atom stereocenters. The zero-order chi connectivity index (χ0) is 21.8. The van der Waals surface area contributed by atoms with Crippen molar-refractivity contribution in [1.29, 1.82) is 0 Å². The van der Waals surface area contributed by atoms with Crippen LogP contribution >= 0.6 is 0 Å². The minimum absolute atomic E-state index is 0.117. The van der Waals surface area contributed by atoms with E-state index >= 15 is 0 Å². The van der Waals surface area contributed by atoms with Crippen molar-refractivity contribution in [2.75, 3.05) is 6.61 Å². The highest BCUT2D eigenvalue weighted by molar-refractivity contribution is 5.95. The molecule has 0 spiro atoms. The van der Waals surface area contributed by atoms with Gasteiger partial charge in [0.05, 0.1) is 6.61 Å². The predicted octanol–water partition coefficient (Wildman–Crippen LogP) is 4.31. The molecule has 0 saturated carbocycles. The van der Waals surface area contributed by atoms with Gasteiger partial charge in [-0.25, -0.2) is 14.8 Å². The summed E-state index contributed by atoms with van der Waals surface area (Å²) in [6, 6.07) is 18.1. The Labute approximate surface area is 177 Å². The molecular formula is C24H18N2O5. The molecule has 1 N–H and O–H groups in total. The normalized spacial score (nSPS) is 10.6. The number of ether oxygens (including phenoxy) is 1. The molecule has 2 aromatic carbocycles. The number of phenolic OH excluding ortho intramolecular Hbond substituents is 1. The van der Waals surface area contributed by atoms with Crippen LogP contribution in [0.15, 0.2) is 82.1 Å². The summed E-state index contributed by atoms with van der Waals surface area (Å²) in [5, 5.41) is 9.49. The number of rotatable bonds is 5. The van der Waals surface area contributed by atoms with E-state index in [0.29, 0.717) is 22.6 Å². The molecule has 0 bridgehead atoms. The van der Waals surface area contributed by atoms with Gasteiger partial charge in [0.2, 0.25) is 5.43 Å². The number of aromatic hydroxyl groups is 1. The molecule has 4 aromatic rings. The lowest BCUT2D eigenvalue weighted by atomic mass is 10.1. The van der Waals surface area contributed by atoms with Crippen molar-refractivity contribution >= 4 is 5.97 Å². The molecule has 0 aliphatic heterocycles. The van der Waals surface area contributed by atoms with E-state index in [9.17, 15) is 14.7 Å². The molecule has 154 valence electrons. The smallest absolute Gasteiger partial charge is 0.346 e. The van der Waals surface area contributed by atoms with Gasteiger partial charge in [0, 0.05) is 23.4 Å². The lowest BCUT2D eigenvalue weighted by Crippen LogP contribution is -2.18. The van der Waals surface area contributed by atoms with Crippen molar-refractivity contribution in [3.05, 3.63) is 88.7 Å². The number of hydrogen-bond acceptors (Lipinski definition) is 7. The number of nitrogens with zero attached hydrogens (tertiary/aromatic N) is 2. The van der Waals surface area contributed by atoms with E-state index in [0.717, 1.165) is 0 Å². The van der Waals surface area contributed by atoms with Gasteiger partial charge < -0.3 is 14.3 Å². The predicted molar refractivity (Wildman–Crippen MR) is 114 cm³/mol. The molecule has 2 heterocycles. The fourth-order valence-corrected chi connectivity index (χ4v) is 3.05. The van der Waals surface area contributed by atoms with Gasteiger partial charge in [0.15, 0.2) is 22.9 Å². The maximum absolute atomic E-state index is 12.9. The SMILES string of the molecule is CCOC(=O)c1c(-c2ccccc2)oc(-c2ccnc(-c3ccc(O)cc3)n2)cc1=O. The van der Waals surface area contributed by atoms with Crippen molar-refractivity contribution in [3.8, 4) is 39.9 Å². The number of carbonyl (C=O) groups excluding carboxylic acids is 1. The Hall–Kier alpha value is -4.26. The summed E-state index contributed by atoms with van der Waals surface area (Å²) >= 11 is 0. The third kappa shape index (κ3) is 4.20. The summed E-state index contributed by atoms with van der Waals surface area (Å²) in [6.45, 7) is 1.80. The van der Waals surface area contributed by atoms with E-state index in [1.54, 1.807) is 55.6 Å². The Balaban J connectivity index is 1.86. The lowest BCUT2D eigenvalue weighted by molar-refractivity contribution is 0.0523. The van der Waals surface area contributed by atoms with Crippen LogP contribution in [0.25, 0.3) is 34.2 Å². The van der Waals surface area contributed by atoms with Crippen molar-refractivity contribution < 1.29 is 19.1 Å². The Morgan fingerprint density at radius 2 is 1.77 bits per heavy atom. The molecule has 7 heteroatoms. The maximum Gasteiger partial charge on any atom is 0.346 e. The average Bonchev–Trinajstić information content (AvgIpc) is 2.80. The van der Waals surface area contributed by atoms with E-state index in [1.165, 1.54) is 18.2 Å². The van der Waals surface area contributed by atoms with Crippen LogP contribution in [0.4, 0.5) is 0 Å². The van der Waals surface area contributed by atoms with Crippen LogP contribution < -0.4 is 5.43 Å². The van der Waals surface area contributed by atoms with Crippen LogP contribution in [0, 0.1) is 0 Å². The second-order valence-electron chi connectivity index (χ2n) is 6.58. The van der Waals surface area contributed by atoms with Gasteiger partial charge in [-0.05, 0) is 37.3 Å². The van der Waals surface area contributed by atoms with Gasteiger partial charge in [-0.3, -0.25) is 4.79 Å². The summed E-state index contributed by atoms with van der Waals surface area (Å²) in [6.07, 6.45) is 1.55. The van der Waals surface area contributed by atoms with E-state index < -0.39 is 11.4 Å². The molecule has 0 aliphatic rings. The number of esters is 1. The van der Waals surface area contributed by atoms with Crippen LogP contribution in [0.3, 0.4) is 0 Å². The van der Waals surface area contributed by atoms with E-state index in [1.807, 2.05) is 6.07 Å². The van der Waals surface area contributed by atoms with Gasteiger partial charge in [0.25, 0.3) is 0 Å². The molecule has 4 rings (SSSR count). The second-order valence-corrected chi connectivity index (χ2v) is 6.58. The standard InChI is InChI=1S/C24H18N2O5/c1-2-30-24(29)21-19(28)14-20(31-22(21)15-6-4-3-5-7-15)18-12-13-25-23(26-18)16-8-10-17(27)11-9-16/h3-14,27H,2H2,1H3. The third-order valence-electron chi connectivity index (χ3n) is 4.50. The number of phenols is 1. The van der Waals surface area contributed by atoms with Crippen molar-refractivity contribution in [2.45, 2.75) is 6.92 Å². The first kappa shape index (κ1) is 20.0. The molecule has 2 aromatic heterocycles. The highest BCUT2D eigenvalue weighted by Crippen LogP contribution is 2.28. The summed E-state index contributed by atoms with van der Waals surface area (Å²) in [5.74, 6) is 0.101. The lowest BCUT2D eigenvalue weighted by Gasteiger charge is -2.10. The molecule has 0 radical (unpaired) electrons. The Kier molecular flexibility index (Phi) is 5.57. The van der Waals surface area contributed by atoms with Gasteiger partial charge in [-0.1, -0.05) is 30.3 Å². The second kappa shape index (κ2) is 8.62. The topological polar surface area (TPSA) is 103 Å². The summed E-state index contributed by atoms with van der Waals surface area (Å²) < 4.78 is 11.1. The first-order valence-electron chi connectivity index (χ1n) is 9.60. The molecule has 0 amide bonds. The quantitative estimate of drug-likeness (QED) is 0.485. The third-order valence-corrected chi connectivity index (χ3v) is 4.50. The van der Waals surface area contributed by atoms with Crippen molar-refractivity contribution in [1.82, 2.24) is 9.97 Å².